The highest BCUT2D eigenvalue weighted by molar-refractivity contribution is 6.32. The van der Waals surface area contributed by atoms with Crippen molar-refractivity contribution in [2.75, 3.05) is 13.7 Å². The van der Waals surface area contributed by atoms with Crippen molar-refractivity contribution >= 4 is 17.5 Å². The summed E-state index contributed by atoms with van der Waals surface area (Å²) in [7, 11) is 1.61. The molecule has 0 spiro atoms. The zero-order valence-corrected chi connectivity index (χ0v) is 16.0. The summed E-state index contributed by atoms with van der Waals surface area (Å²) in [6.45, 7) is 2.66. The standard InChI is InChI=1S/C20H21ClN4O2/c1-3-4-13-22-20(26)18-23-19(14-9-11-15(27-2)12-10-14)25(24-18)17-8-6-5-7-16(17)21/h5-12H,3-4,13H2,1-2H3,(H,22,26). The van der Waals surface area contributed by atoms with Gasteiger partial charge in [-0.2, -0.15) is 0 Å². The molecule has 1 N–H and O–H groups in total. The van der Waals surface area contributed by atoms with Crippen LogP contribution in [-0.2, 0) is 0 Å². The highest BCUT2D eigenvalue weighted by atomic mass is 35.5. The van der Waals surface area contributed by atoms with E-state index in [0.717, 1.165) is 24.2 Å². The number of nitrogens with one attached hydrogen (secondary N) is 1. The first-order valence-electron chi connectivity index (χ1n) is 8.78. The van der Waals surface area contributed by atoms with Gasteiger partial charge in [-0.15, -0.1) is 5.10 Å². The molecule has 0 saturated carbocycles. The highest BCUT2D eigenvalue weighted by Crippen LogP contribution is 2.27. The second kappa shape index (κ2) is 8.68. The topological polar surface area (TPSA) is 69.0 Å². The fourth-order valence-electron chi connectivity index (χ4n) is 2.58. The van der Waals surface area contributed by atoms with Crippen molar-refractivity contribution in [3.05, 3.63) is 59.4 Å². The number of ether oxygens (including phenoxy) is 1. The third kappa shape index (κ3) is 4.28. The molecule has 1 amide bonds. The molecule has 0 bridgehead atoms. The maximum Gasteiger partial charge on any atom is 0.290 e. The molecule has 2 aromatic carbocycles. The number of carbonyl (C=O) groups excluding carboxylic acids is 1. The molecule has 0 atom stereocenters. The minimum absolute atomic E-state index is 0.108. The number of carbonyl (C=O) groups is 1. The van der Waals surface area contributed by atoms with E-state index >= 15 is 0 Å². The van der Waals surface area contributed by atoms with E-state index in [0.29, 0.717) is 23.1 Å². The number of amides is 1. The van der Waals surface area contributed by atoms with Gasteiger partial charge >= 0.3 is 0 Å². The van der Waals surface area contributed by atoms with Gasteiger partial charge in [-0.3, -0.25) is 4.79 Å². The van der Waals surface area contributed by atoms with Crippen LogP contribution in [0.5, 0.6) is 5.75 Å². The molecule has 0 saturated heterocycles. The molecule has 0 aliphatic heterocycles. The van der Waals surface area contributed by atoms with Crippen LogP contribution in [-0.4, -0.2) is 34.3 Å². The number of hydrogen-bond acceptors (Lipinski definition) is 4. The fraction of sp³-hybridized carbons (Fsp3) is 0.250. The lowest BCUT2D eigenvalue weighted by Crippen LogP contribution is -2.25. The van der Waals surface area contributed by atoms with Crippen LogP contribution in [0, 0.1) is 0 Å². The average Bonchev–Trinajstić information content (AvgIpc) is 3.14. The molecule has 0 aliphatic rings. The van der Waals surface area contributed by atoms with Crippen LogP contribution >= 0.6 is 11.6 Å². The number of methoxy groups -OCH3 is 1. The molecule has 0 unspecified atom stereocenters. The van der Waals surface area contributed by atoms with Crippen molar-refractivity contribution in [2.45, 2.75) is 19.8 Å². The van der Waals surface area contributed by atoms with Crippen molar-refractivity contribution < 1.29 is 9.53 Å². The van der Waals surface area contributed by atoms with Gasteiger partial charge < -0.3 is 10.1 Å². The van der Waals surface area contributed by atoms with Gasteiger partial charge in [0.15, 0.2) is 5.82 Å². The van der Waals surface area contributed by atoms with E-state index in [1.165, 1.54) is 0 Å². The first-order chi connectivity index (χ1) is 13.1. The molecule has 140 valence electrons. The summed E-state index contributed by atoms with van der Waals surface area (Å²) in [6.07, 6.45) is 1.90. The summed E-state index contributed by atoms with van der Waals surface area (Å²) in [5, 5.41) is 7.79. The van der Waals surface area contributed by atoms with E-state index in [1.807, 2.05) is 42.5 Å². The van der Waals surface area contributed by atoms with E-state index in [4.69, 9.17) is 16.3 Å². The van der Waals surface area contributed by atoms with Crippen molar-refractivity contribution in [3.8, 4) is 22.8 Å². The van der Waals surface area contributed by atoms with Crippen LogP contribution in [0.25, 0.3) is 17.1 Å². The van der Waals surface area contributed by atoms with Gasteiger partial charge in [-0.05, 0) is 42.8 Å². The minimum Gasteiger partial charge on any atom is -0.497 e. The third-order valence-corrected chi connectivity index (χ3v) is 4.37. The molecule has 6 nitrogen and oxygen atoms in total. The molecule has 1 aromatic heterocycles. The first-order valence-corrected chi connectivity index (χ1v) is 9.16. The fourth-order valence-corrected chi connectivity index (χ4v) is 2.80. The Kier molecular flexibility index (Phi) is 6.08. The monoisotopic (exact) mass is 384 g/mol. The molecule has 0 aliphatic carbocycles. The molecule has 27 heavy (non-hydrogen) atoms. The lowest BCUT2D eigenvalue weighted by atomic mass is 10.2. The normalized spacial score (nSPS) is 10.6. The smallest absolute Gasteiger partial charge is 0.290 e. The van der Waals surface area contributed by atoms with Crippen LogP contribution in [0.15, 0.2) is 48.5 Å². The van der Waals surface area contributed by atoms with Gasteiger partial charge in [-0.25, -0.2) is 9.67 Å². The number of unbranched alkanes of at least 4 members (excludes halogenated alkanes) is 1. The Hall–Kier alpha value is -2.86. The molecular weight excluding hydrogens is 364 g/mol. The van der Waals surface area contributed by atoms with Gasteiger partial charge in [0, 0.05) is 12.1 Å². The first kappa shape index (κ1) is 18.9. The molecule has 0 fully saturated rings. The Morgan fingerprint density at radius 1 is 1.19 bits per heavy atom. The summed E-state index contributed by atoms with van der Waals surface area (Å²) < 4.78 is 6.81. The van der Waals surface area contributed by atoms with Crippen LogP contribution in [0.3, 0.4) is 0 Å². The van der Waals surface area contributed by atoms with Crippen molar-refractivity contribution in [2.24, 2.45) is 0 Å². The van der Waals surface area contributed by atoms with Crippen molar-refractivity contribution in [1.29, 1.82) is 0 Å². The van der Waals surface area contributed by atoms with Crippen LogP contribution in [0.4, 0.5) is 0 Å². The maximum atomic E-state index is 12.4. The number of nitrogens with zero attached hydrogens (tertiary/aromatic N) is 3. The Morgan fingerprint density at radius 3 is 2.59 bits per heavy atom. The lowest BCUT2D eigenvalue weighted by molar-refractivity contribution is 0.0943. The van der Waals surface area contributed by atoms with E-state index in [1.54, 1.807) is 17.9 Å². The highest BCUT2D eigenvalue weighted by Gasteiger charge is 2.19. The SMILES string of the molecule is CCCCNC(=O)c1nc(-c2ccc(OC)cc2)n(-c2ccccc2Cl)n1. The van der Waals surface area contributed by atoms with Gasteiger partial charge in [0.2, 0.25) is 5.82 Å². The Balaban J connectivity index is 2.04. The van der Waals surface area contributed by atoms with Crippen molar-refractivity contribution in [1.82, 2.24) is 20.1 Å². The predicted molar refractivity (Wildman–Crippen MR) is 106 cm³/mol. The number of rotatable bonds is 7. The minimum atomic E-state index is -0.302. The summed E-state index contributed by atoms with van der Waals surface area (Å²) >= 11 is 6.35. The van der Waals surface area contributed by atoms with Crippen LogP contribution < -0.4 is 10.1 Å². The zero-order valence-electron chi connectivity index (χ0n) is 15.3. The van der Waals surface area contributed by atoms with E-state index in [-0.39, 0.29) is 11.7 Å². The number of aromatic nitrogens is 3. The summed E-state index contributed by atoms with van der Waals surface area (Å²) in [5.41, 5.74) is 1.46. The zero-order chi connectivity index (χ0) is 19.2. The predicted octanol–water partition coefficient (Wildman–Crippen LogP) is 4.13. The molecule has 0 radical (unpaired) electrons. The van der Waals surface area contributed by atoms with Crippen LogP contribution in [0.1, 0.15) is 30.4 Å². The molecule has 3 aromatic rings. The number of hydrogen-bond donors (Lipinski definition) is 1. The molecule has 1 heterocycles. The molecule has 3 rings (SSSR count). The second-order valence-electron chi connectivity index (χ2n) is 5.96. The average molecular weight is 385 g/mol. The quantitative estimate of drug-likeness (QED) is 0.622. The Labute approximate surface area is 163 Å². The van der Waals surface area contributed by atoms with Crippen molar-refractivity contribution in [3.63, 3.8) is 0 Å². The largest absolute Gasteiger partial charge is 0.497 e. The molecular formula is C20H21ClN4O2. The van der Waals surface area contributed by atoms with Gasteiger partial charge in [-0.1, -0.05) is 37.1 Å². The second-order valence-corrected chi connectivity index (χ2v) is 6.37. The summed E-state index contributed by atoms with van der Waals surface area (Å²) in [5.74, 6) is 1.08. The Bertz CT molecular complexity index is 922. The molecule has 7 heteroatoms. The van der Waals surface area contributed by atoms with E-state index < -0.39 is 0 Å². The van der Waals surface area contributed by atoms with E-state index in [9.17, 15) is 4.79 Å². The third-order valence-electron chi connectivity index (χ3n) is 4.05. The van der Waals surface area contributed by atoms with Gasteiger partial charge in [0.05, 0.1) is 17.8 Å². The maximum absolute atomic E-state index is 12.4. The summed E-state index contributed by atoms with van der Waals surface area (Å²) in [6, 6.07) is 14.7. The summed E-state index contributed by atoms with van der Waals surface area (Å²) in [4.78, 5) is 16.9. The number of benzene rings is 2. The lowest BCUT2D eigenvalue weighted by Gasteiger charge is -2.08. The van der Waals surface area contributed by atoms with E-state index in [2.05, 4.69) is 22.3 Å². The van der Waals surface area contributed by atoms with Gasteiger partial charge in [0.1, 0.15) is 5.75 Å². The number of para-hydroxylation sites is 1. The number of halogens is 1. The van der Waals surface area contributed by atoms with Gasteiger partial charge in [0.25, 0.3) is 5.91 Å². The Morgan fingerprint density at radius 2 is 1.93 bits per heavy atom. The van der Waals surface area contributed by atoms with Crippen LogP contribution in [0.2, 0.25) is 5.02 Å².